The van der Waals surface area contributed by atoms with Gasteiger partial charge in [0, 0.05) is 0 Å². The van der Waals surface area contributed by atoms with E-state index in [0.29, 0.717) is 23.1 Å². The van der Waals surface area contributed by atoms with Crippen LogP contribution >= 0.6 is 0 Å². The molecule has 1 aromatic heterocycles. The number of nitrogens with zero attached hydrogens (tertiary/aromatic N) is 2. The maximum Gasteiger partial charge on any atom is 0.187 e. The topological polar surface area (TPSA) is 70.3 Å². The van der Waals surface area contributed by atoms with E-state index in [1.807, 2.05) is 12.1 Å². The number of aromatic nitrogens is 2. The molecule has 2 aromatic rings. The molecule has 2 N–H and O–H groups in total. The largest absolute Gasteiger partial charge is 0.493 e. The van der Waals surface area contributed by atoms with Crippen molar-refractivity contribution in [1.29, 1.82) is 0 Å². The second kappa shape index (κ2) is 4.48. The lowest BCUT2D eigenvalue weighted by molar-refractivity contribution is 0.378. The number of benzene rings is 1. The van der Waals surface area contributed by atoms with Crippen LogP contribution in [0.25, 0.3) is 0 Å². The second-order valence-corrected chi connectivity index (χ2v) is 3.03. The van der Waals surface area contributed by atoms with Crippen LogP contribution in [-0.2, 0) is 0 Å². The molecule has 0 radical (unpaired) electrons. The fourth-order valence-corrected chi connectivity index (χ4v) is 1.23. The lowest BCUT2D eigenvalue weighted by atomic mass is 10.3. The summed E-state index contributed by atoms with van der Waals surface area (Å²) in [6.07, 6.45) is 2.87. The molecule has 1 heterocycles. The van der Waals surface area contributed by atoms with E-state index in [4.69, 9.17) is 15.2 Å². The quantitative estimate of drug-likeness (QED) is 0.849. The van der Waals surface area contributed by atoms with Crippen molar-refractivity contribution in [2.75, 3.05) is 12.8 Å². The molecule has 0 saturated heterocycles. The zero-order valence-electron chi connectivity index (χ0n) is 8.75. The van der Waals surface area contributed by atoms with Gasteiger partial charge in [0.05, 0.1) is 13.3 Å². The second-order valence-electron chi connectivity index (χ2n) is 3.03. The fraction of sp³-hybridized carbons (Fsp3) is 0.0909. The highest BCUT2D eigenvalue weighted by atomic mass is 16.5. The molecule has 0 spiro atoms. The number of anilines is 1. The van der Waals surface area contributed by atoms with E-state index >= 15 is 0 Å². The van der Waals surface area contributed by atoms with E-state index < -0.39 is 0 Å². The summed E-state index contributed by atoms with van der Waals surface area (Å²) in [5.41, 5.74) is 5.64. The van der Waals surface area contributed by atoms with Crippen LogP contribution in [0.2, 0.25) is 0 Å². The Hall–Kier alpha value is -2.30. The summed E-state index contributed by atoms with van der Waals surface area (Å²) >= 11 is 0. The third-order valence-corrected chi connectivity index (χ3v) is 2.00. The number of ether oxygens (including phenoxy) is 2. The van der Waals surface area contributed by atoms with E-state index in [0.717, 1.165) is 0 Å². The molecule has 0 fully saturated rings. The Morgan fingerprint density at radius 3 is 2.56 bits per heavy atom. The molecule has 0 aliphatic carbocycles. The standard InChI is InChI=1S/C11H11N3O2/c1-15-8-4-2-3-5-9(8)16-10-6-13-7-14-11(10)12/h2-7H,1H3,(H2,12,13,14). The van der Waals surface area contributed by atoms with E-state index in [9.17, 15) is 0 Å². The third-order valence-electron chi connectivity index (χ3n) is 2.00. The van der Waals surface area contributed by atoms with Crippen molar-refractivity contribution in [1.82, 2.24) is 9.97 Å². The third kappa shape index (κ3) is 2.03. The Kier molecular flexibility index (Phi) is 2.86. The lowest BCUT2D eigenvalue weighted by Crippen LogP contribution is -1.97. The van der Waals surface area contributed by atoms with Gasteiger partial charge in [-0.05, 0) is 12.1 Å². The Morgan fingerprint density at radius 1 is 1.12 bits per heavy atom. The van der Waals surface area contributed by atoms with Gasteiger partial charge in [0.15, 0.2) is 23.1 Å². The first-order valence-corrected chi connectivity index (χ1v) is 4.67. The van der Waals surface area contributed by atoms with Crippen molar-refractivity contribution in [2.45, 2.75) is 0 Å². The Labute approximate surface area is 92.9 Å². The number of hydrogen-bond donors (Lipinski definition) is 1. The maximum absolute atomic E-state index is 5.64. The van der Waals surface area contributed by atoms with Crippen molar-refractivity contribution in [3.05, 3.63) is 36.8 Å². The SMILES string of the molecule is COc1ccccc1Oc1cncnc1N. The number of rotatable bonds is 3. The number of nitrogen functional groups attached to an aromatic ring is 1. The van der Waals surface area contributed by atoms with E-state index in [1.165, 1.54) is 12.5 Å². The molecular formula is C11H11N3O2. The number of hydrogen-bond acceptors (Lipinski definition) is 5. The maximum atomic E-state index is 5.64. The first-order valence-electron chi connectivity index (χ1n) is 4.67. The molecule has 82 valence electrons. The molecular weight excluding hydrogens is 206 g/mol. The van der Waals surface area contributed by atoms with E-state index in [2.05, 4.69) is 9.97 Å². The van der Waals surface area contributed by atoms with Gasteiger partial charge in [-0.3, -0.25) is 0 Å². The van der Waals surface area contributed by atoms with Crippen molar-refractivity contribution in [3.63, 3.8) is 0 Å². The summed E-state index contributed by atoms with van der Waals surface area (Å²) in [6, 6.07) is 7.29. The van der Waals surface area contributed by atoms with Gasteiger partial charge in [-0.2, -0.15) is 0 Å². The van der Waals surface area contributed by atoms with Crippen LogP contribution in [-0.4, -0.2) is 17.1 Å². The Balaban J connectivity index is 2.30. The molecule has 0 atom stereocenters. The predicted octanol–water partition coefficient (Wildman–Crippen LogP) is 1.86. The minimum absolute atomic E-state index is 0.293. The predicted molar refractivity (Wildman–Crippen MR) is 59.5 cm³/mol. The molecule has 0 bridgehead atoms. The molecule has 0 aliphatic rings. The van der Waals surface area contributed by atoms with Crippen molar-refractivity contribution in [3.8, 4) is 17.2 Å². The molecule has 1 aromatic carbocycles. The van der Waals surface area contributed by atoms with Crippen LogP contribution < -0.4 is 15.2 Å². The minimum Gasteiger partial charge on any atom is -0.493 e. The monoisotopic (exact) mass is 217 g/mol. The molecule has 0 aliphatic heterocycles. The van der Waals surface area contributed by atoms with Crippen LogP contribution in [0, 0.1) is 0 Å². The van der Waals surface area contributed by atoms with E-state index in [1.54, 1.807) is 19.2 Å². The summed E-state index contributed by atoms with van der Waals surface area (Å²) in [5, 5.41) is 0. The summed E-state index contributed by atoms with van der Waals surface area (Å²) in [4.78, 5) is 7.67. The Bertz CT molecular complexity index is 488. The van der Waals surface area contributed by atoms with Gasteiger partial charge < -0.3 is 15.2 Å². The fourth-order valence-electron chi connectivity index (χ4n) is 1.23. The molecule has 2 rings (SSSR count). The highest BCUT2D eigenvalue weighted by Gasteiger charge is 2.07. The van der Waals surface area contributed by atoms with Crippen LogP contribution in [0.4, 0.5) is 5.82 Å². The highest BCUT2D eigenvalue weighted by Crippen LogP contribution is 2.32. The van der Waals surface area contributed by atoms with Crippen LogP contribution in [0.5, 0.6) is 17.2 Å². The number of methoxy groups -OCH3 is 1. The van der Waals surface area contributed by atoms with Gasteiger partial charge in [-0.1, -0.05) is 12.1 Å². The van der Waals surface area contributed by atoms with E-state index in [-0.39, 0.29) is 0 Å². The zero-order chi connectivity index (χ0) is 11.4. The van der Waals surface area contributed by atoms with Gasteiger partial charge in [0.1, 0.15) is 6.33 Å². The molecule has 0 amide bonds. The zero-order valence-corrected chi connectivity index (χ0v) is 8.75. The van der Waals surface area contributed by atoms with Gasteiger partial charge >= 0.3 is 0 Å². The number of para-hydroxylation sites is 2. The van der Waals surface area contributed by atoms with Crippen molar-refractivity contribution < 1.29 is 9.47 Å². The summed E-state index contributed by atoms with van der Waals surface area (Å²) in [6.45, 7) is 0. The Morgan fingerprint density at radius 2 is 1.88 bits per heavy atom. The summed E-state index contributed by atoms with van der Waals surface area (Å²) in [7, 11) is 1.58. The normalized spacial score (nSPS) is 9.81. The first-order chi connectivity index (χ1) is 7.81. The van der Waals surface area contributed by atoms with Crippen LogP contribution in [0.15, 0.2) is 36.8 Å². The molecule has 5 nitrogen and oxygen atoms in total. The van der Waals surface area contributed by atoms with Gasteiger partial charge in [-0.15, -0.1) is 0 Å². The van der Waals surface area contributed by atoms with Crippen molar-refractivity contribution in [2.24, 2.45) is 0 Å². The summed E-state index contributed by atoms with van der Waals surface area (Å²) < 4.78 is 10.7. The lowest BCUT2D eigenvalue weighted by Gasteiger charge is -2.10. The average molecular weight is 217 g/mol. The average Bonchev–Trinajstić information content (AvgIpc) is 2.33. The molecule has 5 heteroatoms. The van der Waals surface area contributed by atoms with Gasteiger partial charge in [0.25, 0.3) is 0 Å². The first kappa shape index (κ1) is 10.2. The highest BCUT2D eigenvalue weighted by molar-refractivity contribution is 5.49. The van der Waals surface area contributed by atoms with Gasteiger partial charge in [0.2, 0.25) is 0 Å². The molecule has 0 saturated carbocycles. The van der Waals surface area contributed by atoms with Crippen molar-refractivity contribution >= 4 is 5.82 Å². The smallest absolute Gasteiger partial charge is 0.187 e. The van der Waals surface area contributed by atoms with Crippen LogP contribution in [0.3, 0.4) is 0 Å². The van der Waals surface area contributed by atoms with Gasteiger partial charge in [-0.25, -0.2) is 9.97 Å². The van der Waals surface area contributed by atoms with Crippen LogP contribution in [0.1, 0.15) is 0 Å². The number of nitrogens with two attached hydrogens (primary N) is 1. The molecule has 16 heavy (non-hydrogen) atoms. The minimum atomic E-state index is 0.293. The molecule has 0 unspecified atom stereocenters. The summed E-state index contributed by atoms with van der Waals surface area (Å²) in [5.74, 6) is 1.91.